The summed E-state index contributed by atoms with van der Waals surface area (Å²) >= 11 is 0. The second-order valence-electron chi connectivity index (χ2n) is 5.60. The molecular formula is C19H17N3O5. The smallest absolute Gasteiger partial charge is 0.405 e. The third kappa shape index (κ3) is 4.46. The number of nitrogens with zero attached hydrogens (tertiary/aromatic N) is 2. The van der Waals surface area contributed by atoms with Gasteiger partial charge in [-0.15, -0.1) is 0 Å². The summed E-state index contributed by atoms with van der Waals surface area (Å²) in [4.78, 5) is 28.7. The minimum atomic E-state index is -1.10. The van der Waals surface area contributed by atoms with Gasteiger partial charge in [0.05, 0.1) is 5.69 Å². The molecule has 1 aromatic heterocycles. The van der Waals surface area contributed by atoms with E-state index in [1.54, 1.807) is 43.7 Å². The van der Waals surface area contributed by atoms with Gasteiger partial charge in [0.2, 0.25) is 6.10 Å². The van der Waals surface area contributed by atoms with Gasteiger partial charge in [-0.25, -0.2) is 4.79 Å². The molecule has 8 heteroatoms. The summed E-state index contributed by atoms with van der Waals surface area (Å²) in [6.45, 7) is 0.0511. The lowest BCUT2D eigenvalue weighted by Gasteiger charge is -2.19. The molecule has 1 aliphatic heterocycles. The van der Waals surface area contributed by atoms with Crippen LogP contribution in [0.15, 0.2) is 42.7 Å². The number of pyridine rings is 1. The van der Waals surface area contributed by atoms with E-state index in [4.69, 9.17) is 19.9 Å². The number of nitrogens with two attached hydrogens (primary N) is 1. The molecule has 0 radical (unpaired) electrons. The zero-order valence-electron chi connectivity index (χ0n) is 14.5. The van der Waals surface area contributed by atoms with Crippen molar-refractivity contribution in [3.05, 3.63) is 48.3 Å². The van der Waals surface area contributed by atoms with Crippen molar-refractivity contribution in [3.63, 3.8) is 0 Å². The molecule has 0 fully saturated rings. The molecule has 2 heterocycles. The van der Waals surface area contributed by atoms with Crippen LogP contribution in [0.2, 0.25) is 0 Å². The number of aromatic nitrogens is 1. The van der Waals surface area contributed by atoms with Crippen LogP contribution in [0.5, 0.6) is 11.5 Å². The van der Waals surface area contributed by atoms with E-state index in [0.717, 1.165) is 5.56 Å². The maximum absolute atomic E-state index is 12.4. The van der Waals surface area contributed by atoms with Crippen molar-refractivity contribution in [1.82, 2.24) is 4.98 Å². The second-order valence-corrected chi connectivity index (χ2v) is 5.60. The maximum Gasteiger partial charge on any atom is 0.405 e. The topological polar surface area (TPSA) is 104 Å². The Morgan fingerprint density at radius 3 is 3.04 bits per heavy atom. The first-order valence-electron chi connectivity index (χ1n) is 8.07. The number of primary amides is 1. The third-order valence-electron chi connectivity index (χ3n) is 3.75. The van der Waals surface area contributed by atoms with Gasteiger partial charge in [0.1, 0.15) is 24.7 Å². The Bertz CT molecular complexity index is 905. The van der Waals surface area contributed by atoms with Crippen molar-refractivity contribution >= 4 is 17.7 Å². The number of hydrogen-bond acceptors (Lipinski definition) is 6. The molecule has 0 unspecified atom stereocenters. The van der Waals surface area contributed by atoms with E-state index in [0.29, 0.717) is 17.2 Å². The monoisotopic (exact) mass is 367 g/mol. The zero-order chi connectivity index (χ0) is 19.2. The van der Waals surface area contributed by atoms with Crippen LogP contribution in [0, 0.1) is 11.8 Å². The highest BCUT2D eigenvalue weighted by molar-refractivity contribution is 5.99. The summed E-state index contributed by atoms with van der Waals surface area (Å²) < 4.78 is 16.0. The molecule has 0 bridgehead atoms. The normalized spacial score (nSPS) is 15.5. The Hall–Kier alpha value is -3.73. The van der Waals surface area contributed by atoms with Gasteiger partial charge in [-0.3, -0.25) is 9.78 Å². The lowest BCUT2D eigenvalue weighted by molar-refractivity contribution is -0.127. The largest absolute Gasteiger partial charge is 0.487 e. The van der Waals surface area contributed by atoms with E-state index in [2.05, 4.69) is 16.8 Å². The molecule has 1 aromatic carbocycles. The highest BCUT2D eigenvalue weighted by Crippen LogP contribution is 2.34. The van der Waals surface area contributed by atoms with Crippen molar-refractivity contribution in [3.8, 4) is 23.3 Å². The molecule has 0 saturated carbocycles. The van der Waals surface area contributed by atoms with Crippen molar-refractivity contribution in [2.75, 3.05) is 25.2 Å². The number of ether oxygens (including phenoxy) is 3. The van der Waals surface area contributed by atoms with Gasteiger partial charge in [-0.1, -0.05) is 11.8 Å². The molecule has 8 nitrogen and oxygen atoms in total. The fourth-order valence-electron chi connectivity index (χ4n) is 2.46. The van der Waals surface area contributed by atoms with Crippen LogP contribution in [0.1, 0.15) is 5.56 Å². The molecule has 0 saturated heterocycles. The Kier molecular flexibility index (Phi) is 5.42. The molecule has 0 aliphatic carbocycles. The molecule has 0 spiro atoms. The van der Waals surface area contributed by atoms with E-state index in [9.17, 15) is 9.59 Å². The average Bonchev–Trinajstić information content (AvgIpc) is 2.78. The standard InChI is InChI=1S/C19H17N3O5/c1-22-15-10-14(25-9-3-5-13-4-2-8-21-11-13)6-7-16(15)26-12-17(18(22)23)27-19(20)24/h2,4,6-8,10-11,17H,9,12H2,1H3,(H2,20,24)/t17-/m0/s1. The van der Waals surface area contributed by atoms with E-state index in [1.807, 2.05) is 6.07 Å². The number of carbonyl (C=O) groups is 2. The van der Waals surface area contributed by atoms with E-state index in [-0.39, 0.29) is 13.2 Å². The summed E-state index contributed by atoms with van der Waals surface area (Å²) in [6, 6.07) is 8.70. The molecule has 2 N–H and O–H groups in total. The Balaban J connectivity index is 1.70. The van der Waals surface area contributed by atoms with Gasteiger partial charge in [0.25, 0.3) is 5.91 Å². The van der Waals surface area contributed by atoms with Gasteiger partial charge in [0, 0.05) is 31.1 Å². The molecule has 3 rings (SSSR count). The minimum Gasteiger partial charge on any atom is -0.487 e. The molecule has 1 aliphatic rings. The number of hydrogen-bond donors (Lipinski definition) is 1. The fourth-order valence-corrected chi connectivity index (χ4v) is 2.46. The molecular weight excluding hydrogens is 350 g/mol. The first-order valence-corrected chi connectivity index (χ1v) is 8.07. The molecule has 1 atom stereocenters. The van der Waals surface area contributed by atoms with Crippen LogP contribution >= 0.6 is 0 Å². The number of likely N-dealkylation sites (N-methyl/N-ethyl adjacent to an activating group) is 1. The van der Waals surface area contributed by atoms with Gasteiger partial charge in [-0.2, -0.15) is 0 Å². The first kappa shape index (κ1) is 18.1. The number of fused-ring (bicyclic) bond motifs is 1. The Morgan fingerprint density at radius 1 is 1.44 bits per heavy atom. The zero-order valence-corrected chi connectivity index (χ0v) is 14.5. The molecule has 138 valence electrons. The van der Waals surface area contributed by atoms with Gasteiger partial charge in [0.15, 0.2) is 0 Å². The van der Waals surface area contributed by atoms with Crippen LogP contribution in [0.25, 0.3) is 0 Å². The van der Waals surface area contributed by atoms with Gasteiger partial charge in [-0.05, 0) is 24.3 Å². The average molecular weight is 367 g/mol. The van der Waals surface area contributed by atoms with Gasteiger partial charge >= 0.3 is 6.09 Å². The second kappa shape index (κ2) is 8.10. The lowest BCUT2D eigenvalue weighted by atomic mass is 10.2. The quantitative estimate of drug-likeness (QED) is 0.821. The molecule has 2 aromatic rings. The maximum atomic E-state index is 12.4. The first-order chi connectivity index (χ1) is 13.0. The van der Waals surface area contributed by atoms with Crippen molar-refractivity contribution in [2.24, 2.45) is 5.73 Å². The Morgan fingerprint density at radius 2 is 2.30 bits per heavy atom. The molecule has 2 amide bonds. The van der Waals surface area contributed by atoms with Crippen LogP contribution in [0.3, 0.4) is 0 Å². The predicted molar refractivity (Wildman–Crippen MR) is 96.4 cm³/mol. The summed E-state index contributed by atoms with van der Waals surface area (Å²) in [7, 11) is 1.55. The van der Waals surface area contributed by atoms with Crippen molar-refractivity contribution in [2.45, 2.75) is 6.10 Å². The summed E-state index contributed by atoms with van der Waals surface area (Å²) in [5, 5.41) is 0. The number of rotatable bonds is 3. The fraction of sp³-hybridized carbons (Fsp3) is 0.211. The SMILES string of the molecule is CN1C(=O)[C@@H](OC(N)=O)COc2ccc(OCC#Cc3cccnc3)cc21. The number of benzene rings is 1. The predicted octanol–water partition coefficient (Wildman–Crippen LogP) is 1.33. The summed E-state index contributed by atoms with van der Waals surface area (Å²) in [6.07, 6.45) is 1.20. The third-order valence-corrected chi connectivity index (χ3v) is 3.75. The molecule has 27 heavy (non-hydrogen) atoms. The van der Waals surface area contributed by atoms with Crippen LogP contribution in [0.4, 0.5) is 10.5 Å². The van der Waals surface area contributed by atoms with E-state index >= 15 is 0 Å². The Labute approximate surface area is 155 Å². The van der Waals surface area contributed by atoms with Gasteiger partial charge < -0.3 is 24.8 Å². The van der Waals surface area contributed by atoms with E-state index in [1.165, 1.54) is 4.90 Å². The number of carbonyl (C=O) groups excluding carboxylic acids is 2. The van der Waals surface area contributed by atoms with Crippen molar-refractivity contribution < 1.29 is 23.8 Å². The highest BCUT2D eigenvalue weighted by atomic mass is 16.6. The number of anilines is 1. The lowest BCUT2D eigenvalue weighted by Crippen LogP contribution is -2.41. The van der Waals surface area contributed by atoms with Crippen molar-refractivity contribution in [1.29, 1.82) is 0 Å². The van der Waals surface area contributed by atoms with Crippen LogP contribution in [-0.2, 0) is 9.53 Å². The van der Waals surface area contributed by atoms with Crippen LogP contribution in [-0.4, -0.2) is 43.3 Å². The summed E-state index contributed by atoms with van der Waals surface area (Å²) in [5.41, 5.74) is 6.28. The minimum absolute atomic E-state index is 0.115. The summed E-state index contributed by atoms with van der Waals surface area (Å²) in [5.74, 6) is 6.38. The highest BCUT2D eigenvalue weighted by Gasteiger charge is 2.32. The number of amides is 2. The van der Waals surface area contributed by atoms with Crippen LogP contribution < -0.4 is 20.1 Å². The van der Waals surface area contributed by atoms with E-state index < -0.39 is 18.1 Å².